The van der Waals surface area contributed by atoms with Crippen LogP contribution in [0.1, 0.15) is 23.3 Å². The molecule has 0 spiro atoms. The first kappa shape index (κ1) is 22.5. The standard InChI is InChI=1S/C16H13N2S.C11H8N.Ir/c1-2-7-15-11(5-1)12-9-17-10-13(16(12)19-15)14-6-3-4-8-18-14;1-2-6-10(7-3-1)11-8-4-5-9-12-11;/h3-4,6,8-9H,1-2,5,7H2;1-6,8-9H;/q2*-1;. The number of hydrogen-bond acceptors (Lipinski definition) is 4. The summed E-state index contributed by atoms with van der Waals surface area (Å²) in [5, 5.41) is 1.32. The maximum absolute atomic E-state index is 4.44. The minimum Gasteiger partial charge on any atom is -0.359 e. The SMILES string of the molecule is [Ir].[c-]1ccccc1-c1ccccn1.[c-]1ncc2c3c(sc2c1-c1ccccn1)CCCC3. The molecule has 0 unspecified atom stereocenters. The van der Waals surface area contributed by atoms with Crippen molar-refractivity contribution in [1.82, 2.24) is 15.0 Å². The summed E-state index contributed by atoms with van der Waals surface area (Å²) in [6.45, 7) is 0. The first-order valence-electron chi connectivity index (χ1n) is 10.5. The van der Waals surface area contributed by atoms with Crippen LogP contribution < -0.4 is 0 Å². The van der Waals surface area contributed by atoms with Crippen LogP contribution in [0.15, 0.2) is 79.3 Å². The van der Waals surface area contributed by atoms with E-state index in [0.717, 1.165) is 22.5 Å². The Kier molecular flexibility index (Phi) is 7.54. The molecule has 1 radical (unpaired) electrons. The van der Waals surface area contributed by atoms with E-state index in [-0.39, 0.29) is 20.1 Å². The van der Waals surface area contributed by atoms with Gasteiger partial charge in [-0.2, -0.15) is 11.3 Å². The van der Waals surface area contributed by atoms with Crippen molar-refractivity contribution < 1.29 is 20.1 Å². The molecule has 1 aromatic carbocycles. The van der Waals surface area contributed by atoms with Crippen LogP contribution in [0.25, 0.3) is 32.6 Å². The van der Waals surface area contributed by atoms with Crippen LogP contribution in [-0.2, 0) is 32.9 Å². The van der Waals surface area contributed by atoms with Crippen molar-refractivity contribution in [3.8, 4) is 22.5 Å². The van der Waals surface area contributed by atoms with E-state index < -0.39 is 0 Å². The third kappa shape index (κ3) is 4.86. The molecule has 0 atom stereocenters. The van der Waals surface area contributed by atoms with E-state index in [1.165, 1.54) is 41.3 Å². The Morgan fingerprint density at radius 3 is 2.28 bits per heavy atom. The molecule has 5 aromatic rings. The molecule has 5 heteroatoms. The van der Waals surface area contributed by atoms with E-state index in [2.05, 4.69) is 27.2 Å². The van der Waals surface area contributed by atoms with Gasteiger partial charge >= 0.3 is 0 Å². The molecular formula is C27H21IrN3S-2. The third-order valence-corrected chi connectivity index (χ3v) is 6.71. The average Bonchev–Trinajstić information content (AvgIpc) is 3.25. The van der Waals surface area contributed by atoms with Crippen LogP contribution in [0.2, 0.25) is 0 Å². The van der Waals surface area contributed by atoms with E-state index in [1.54, 1.807) is 11.1 Å². The topological polar surface area (TPSA) is 38.7 Å². The maximum atomic E-state index is 4.44. The molecule has 0 amide bonds. The first-order valence-corrected chi connectivity index (χ1v) is 11.3. The van der Waals surface area contributed by atoms with Crippen LogP contribution in [-0.4, -0.2) is 15.0 Å². The van der Waals surface area contributed by atoms with Gasteiger partial charge in [0.25, 0.3) is 0 Å². The number of aromatic nitrogens is 3. The Labute approximate surface area is 206 Å². The van der Waals surface area contributed by atoms with E-state index in [1.807, 2.05) is 84.4 Å². The molecule has 0 saturated heterocycles. The molecule has 3 nitrogen and oxygen atoms in total. The fourth-order valence-electron chi connectivity index (χ4n) is 3.88. The largest absolute Gasteiger partial charge is 0.359 e. The van der Waals surface area contributed by atoms with Crippen molar-refractivity contribution in [2.24, 2.45) is 0 Å². The zero-order valence-corrected chi connectivity index (χ0v) is 20.6. The first-order chi connectivity index (χ1) is 15.4. The van der Waals surface area contributed by atoms with Crippen molar-refractivity contribution in [2.75, 3.05) is 0 Å². The monoisotopic (exact) mass is 612 g/mol. The summed E-state index contributed by atoms with van der Waals surface area (Å²) in [6.07, 6.45) is 13.8. The fourth-order valence-corrected chi connectivity index (χ4v) is 5.25. The number of thiophene rings is 1. The van der Waals surface area contributed by atoms with Gasteiger partial charge in [-0.05, 0) is 76.7 Å². The number of nitrogens with zero attached hydrogens (tertiary/aromatic N) is 3. The predicted molar refractivity (Wildman–Crippen MR) is 127 cm³/mol. The molecule has 6 rings (SSSR count). The second kappa shape index (κ2) is 10.7. The van der Waals surface area contributed by atoms with Gasteiger partial charge in [-0.15, -0.1) is 35.9 Å². The molecule has 0 fully saturated rings. The summed E-state index contributed by atoms with van der Waals surface area (Å²) in [6, 6.07) is 22.8. The summed E-state index contributed by atoms with van der Waals surface area (Å²) < 4.78 is 1.31. The van der Waals surface area contributed by atoms with Crippen molar-refractivity contribution in [1.29, 1.82) is 0 Å². The van der Waals surface area contributed by atoms with Gasteiger partial charge in [-0.3, -0.25) is 0 Å². The van der Waals surface area contributed by atoms with Gasteiger partial charge < -0.3 is 15.0 Å². The predicted octanol–water partition coefficient (Wildman–Crippen LogP) is 6.58. The summed E-state index contributed by atoms with van der Waals surface area (Å²) in [5.41, 5.74) is 5.55. The van der Waals surface area contributed by atoms with E-state index in [4.69, 9.17) is 0 Å². The zero-order valence-electron chi connectivity index (χ0n) is 17.4. The van der Waals surface area contributed by atoms with E-state index in [9.17, 15) is 0 Å². The van der Waals surface area contributed by atoms with Crippen LogP contribution in [0.3, 0.4) is 0 Å². The average molecular weight is 612 g/mol. The molecule has 4 aromatic heterocycles. The minimum atomic E-state index is 0. The maximum Gasteiger partial charge on any atom is 0.0160 e. The molecule has 0 saturated carbocycles. The second-order valence-electron chi connectivity index (χ2n) is 7.40. The van der Waals surface area contributed by atoms with Gasteiger partial charge in [0, 0.05) is 32.5 Å². The van der Waals surface area contributed by atoms with E-state index >= 15 is 0 Å². The number of benzene rings is 1. The van der Waals surface area contributed by atoms with Gasteiger partial charge in [0.15, 0.2) is 0 Å². The summed E-state index contributed by atoms with van der Waals surface area (Å²) >= 11 is 1.91. The van der Waals surface area contributed by atoms with Crippen molar-refractivity contribution in [3.05, 3.63) is 102 Å². The normalized spacial score (nSPS) is 12.2. The molecule has 0 N–H and O–H groups in total. The van der Waals surface area contributed by atoms with Crippen LogP contribution in [0.4, 0.5) is 0 Å². The Bertz CT molecular complexity index is 1230. The zero-order chi connectivity index (χ0) is 20.9. The fraction of sp³-hybridized carbons (Fsp3) is 0.148. The number of hydrogen-bond donors (Lipinski definition) is 0. The number of rotatable bonds is 2. The van der Waals surface area contributed by atoms with Gasteiger partial charge in [-0.1, -0.05) is 35.2 Å². The van der Waals surface area contributed by atoms with Gasteiger partial charge in [0.05, 0.1) is 0 Å². The number of fused-ring (bicyclic) bond motifs is 3. The van der Waals surface area contributed by atoms with Crippen molar-refractivity contribution in [3.63, 3.8) is 0 Å². The molecule has 0 bridgehead atoms. The van der Waals surface area contributed by atoms with Crippen molar-refractivity contribution >= 4 is 21.4 Å². The molecule has 1 aliphatic rings. The van der Waals surface area contributed by atoms with Crippen LogP contribution in [0.5, 0.6) is 0 Å². The third-order valence-electron chi connectivity index (χ3n) is 5.38. The van der Waals surface area contributed by atoms with Crippen LogP contribution >= 0.6 is 11.3 Å². The van der Waals surface area contributed by atoms with E-state index in [0.29, 0.717) is 0 Å². The molecular weight excluding hydrogens is 591 g/mol. The molecule has 32 heavy (non-hydrogen) atoms. The van der Waals surface area contributed by atoms with Gasteiger partial charge in [0.1, 0.15) is 0 Å². The summed E-state index contributed by atoms with van der Waals surface area (Å²) in [4.78, 5) is 14.5. The number of pyridine rings is 3. The van der Waals surface area contributed by atoms with Gasteiger partial charge in [-0.25, -0.2) is 0 Å². The second-order valence-corrected chi connectivity index (χ2v) is 8.51. The van der Waals surface area contributed by atoms with Gasteiger partial charge in [0.2, 0.25) is 0 Å². The molecule has 1 aliphatic carbocycles. The molecule has 161 valence electrons. The summed E-state index contributed by atoms with van der Waals surface area (Å²) in [5.74, 6) is 0. The molecule has 4 heterocycles. The van der Waals surface area contributed by atoms with Crippen molar-refractivity contribution in [2.45, 2.75) is 25.7 Å². The Morgan fingerprint density at radius 1 is 0.812 bits per heavy atom. The number of aryl methyl sites for hydroxylation is 2. The summed E-state index contributed by atoms with van der Waals surface area (Å²) in [7, 11) is 0. The minimum absolute atomic E-state index is 0. The Hall–Kier alpha value is -2.72. The Balaban J connectivity index is 0.000000164. The molecule has 0 aliphatic heterocycles. The quantitative estimate of drug-likeness (QED) is 0.212. The smallest absolute Gasteiger partial charge is 0.0160 e. The van der Waals surface area contributed by atoms with Crippen LogP contribution in [0, 0.1) is 12.3 Å². The Morgan fingerprint density at radius 2 is 1.56 bits per heavy atom.